The van der Waals surface area contributed by atoms with Gasteiger partial charge in [-0.1, -0.05) is 12.1 Å². The molecule has 2 aromatic rings. The van der Waals surface area contributed by atoms with E-state index < -0.39 is 0 Å². The van der Waals surface area contributed by atoms with Crippen molar-refractivity contribution in [3.63, 3.8) is 0 Å². The van der Waals surface area contributed by atoms with Crippen molar-refractivity contribution in [1.29, 1.82) is 0 Å². The van der Waals surface area contributed by atoms with Gasteiger partial charge in [-0.05, 0) is 37.0 Å². The minimum atomic E-state index is 0.198. The van der Waals surface area contributed by atoms with Crippen molar-refractivity contribution in [2.75, 3.05) is 0 Å². The standard InChI is InChI=1S/C14H13NO2/c16-11-4-2-5-12(9-11)17-14-8-7-10-3-1-6-13(10)15-14/h2,4-5,7-9,16H,1,3,6H2. The van der Waals surface area contributed by atoms with E-state index in [1.807, 2.05) is 6.07 Å². The third-order valence-electron chi connectivity index (χ3n) is 2.94. The smallest absolute Gasteiger partial charge is 0.219 e. The van der Waals surface area contributed by atoms with Gasteiger partial charge in [-0.25, -0.2) is 4.98 Å². The molecule has 1 aromatic heterocycles. The Morgan fingerprint density at radius 3 is 2.94 bits per heavy atom. The summed E-state index contributed by atoms with van der Waals surface area (Å²) in [7, 11) is 0. The van der Waals surface area contributed by atoms with Crippen molar-refractivity contribution in [2.24, 2.45) is 0 Å². The molecule has 0 saturated heterocycles. The van der Waals surface area contributed by atoms with Crippen LogP contribution in [0.1, 0.15) is 17.7 Å². The number of ether oxygens (including phenoxy) is 1. The van der Waals surface area contributed by atoms with Gasteiger partial charge in [0, 0.05) is 17.8 Å². The molecule has 1 aliphatic carbocycles. The summed E-state index contributed by atoms with van der Waals surface area (Å²) in [5.74, 6) is 1.40. The molecule has 0 amide bonds. The van der Waals surface area contributed by atoms with Gasteiger partial charge in [-0.2, -0.15) is 0 Å². The first-order chi connectivity index (χ1) is 8.31. The van der Waals surface area contributed by atoms with Crippen LogP contribution in [0.3, 0.4) is 0 Å². The molecule has 0 spiro atoms. The van der Waals surface area contributed by atoms with E-state index in [2.05, 4.69) is 11.1 Å². The van der Waals surface area contributed by atoms with Gasteiger partial charge < -0.3 is 9.84 Å². The molecule has 0 unspecified atom stereocenters. The number of phenols is 1. The van der Waals surface area contributed by atoms with Gasteiger partial charge in [0.25, 0.3) is 0 Å². The van der Waals surface area contributed by atoms with Crippen LogP contribution in [0.5, 0.6) is 17.4 Å². The summed E-state index contributed by atoms with van der Waals surface area (Å²) in [6.07, 6.45) is 3.33. The highest BCUT2D eigenvalue weighted by molar-refractivity contribution is 5.36. The normalized spacial score (nSPS) is 13.4. The number of rotatable bonds is 2. The Kier molecular flexibility index (Phi) is 2.44. The van der Waals surface area contributed by atoms with Gasteiger partial charge in [-0.15, -0.1) is 0 Å². The Labute approximate surface area is 99.7 Å². The van der Waals surface area contributed by atoms with E-state index >= 15 is 0 Å². The molecule has 0 bridgehead atoms. The number of hydrogen-bond acceptors (Lipinski definition) is 3. The largest absolute Gasteiger partial charge is 0.508 e. The zero-order chi connectivity index (χ0) is 11.7. The number of nitrogens with zero attached hydrogens (tertiary/aromatic N) is 1. The van der Waals surface area contributed by atoms with E-state index in [0.29, 0.717) is 11.6 Å². The third-order valence-corrected chi connectivity index (χ3v) is 2.94. The second-order valence-corrected chi connectivity index (χ2v) is 4.21. The fourth-order valence-corrected chi connectivity index (χ4v) is 2.13. The Morgan fingerprint density at radius 1 is 1.12 bits per heavy atom. The summed E-state index contributed by atoms with van der Waals surface area (Å²) in [5.41, 5.74) is 2.47. The number of aromatic hydroxyl groups is 1. The zero-order valence-electron chi connectivity index (χ0n) is 9.39. The lowest BCUT2D eigenvalue weighted by Gasteiger charge is -2.06. The molecule has 0 radical (unpaired) electrons. The van der Waals surface area contributed by atoms with E-state index in [1.54, 1.807) is 24.3 Å². The molecule has 0 saturated carbocycles. The van der Waals surface area contributed by atoms with Gasteiger partial charge in [0.1, 0.15) is 11.5 Å². The molecule has 1 heterocycles. The maximum atomic E-state index is 9.35. The van der Waals surface area contributed by atoms with Gasteiger partial charge >= 0.3 is 0 Å². The molecular weight excluding hydrogens is 214 g/mol. The predicted molar refractivity (Wildman–Crippen MR) is 64.4 cm³/mol. The Morgan fingerprint density at radius 2 is 2.06 bits per heavy atom. The van der Waals surface area contributed by atoms with Gasteiger partial charge in [0.15, 0.2) is 0 Å². The van der Waals surface area contributed by atoms with Crippen LogP contribution < -0.4 is 4.74 Å². The van der Waals surface area contributed by atoms with Crippen LogP contribution in [0.4, 0.5) is 0 Å². The second-order valence-electron chi connectivity index (χ2n) is 4.21. The van der Waals surface area contributed by atoms with E-state index in [4.69, 9.17) is 4.74 Å². The topological polar surface area (TPSA) is 42.4 Å². The minimum absolute atomic E-state index is 0.198. The van der Waals surface area contributed by atoms with E-state index in [0.717, 1.165) is 18.5 Å². The second kappa shape index (κ2) is 4.09. The van der Waals surface area contributed by atoms with Crippen LogP contribution in [0.15, 0.2) is 36.4 Å². The molecule has 3 nitrogen and oxygen atoms in total. The quantitative estimate of drug-likeness (QED) is 0.857. The fourth-order valence-electron chi connectivity index (χ4n) is 2.13. The molecule has 0 atom stereocenters. The van der Waals surface area contributed by atoms with Crippen LogP contribution in [0, 0.1) is 0 Å². The van der Waals surface area contributed by atoms with E-state index in [1.165, 1.54) is 12.0 Å². The van der Waals surface area contributed by atoms with E-state index in [9.17, 15) is 5.11 Å². The highest BCUT2D eigenvalue weighted by atomic mass is 16.5. The van der Waals surface area contributed by atoms with Gasteiger partial charge in [0.2, 0.25) is 5.88 Å². The average Bonchev–Trinajstić information content (AvgIpc) is 2.76. The van der Waals surface area contributed by atoms with Crippen molar-refractivity contribution in [2.45, 2.75) is 19.3 Å². The Bertz CT molecular complexity index is 552. The number of phenolic OH excluding ortho intramolecular Hbond substituents is 1. The molecule has 3 rings (SSSR count). The molecule has 1 N–H and O–H groups in total. The molecule has 17 heavy (non-hydrogen) atoms. The van der Waals surface area contributed by atoms with E-state index in [-0.39, 0.29) is 5.75 Å². The number of fused-ring (bicyclic) bond motifs is 1. The average molecular weight is 227 g/mol. The Hall–Kier alpha value is -2.03. The first-order valence-corrected chi connectivity index (χ1v) is 5.77. The lowest BCUT2D eigenvalue weighted by atomic mass is 10.2. The molecule has 3 heteroatoms. The molecule has 1 aromatic carbocycles. The minimum Gasteiger partial charge on any atom is -0.508 e. The highest BCUT2D eigenvalue weighted by Crippen LogP contribution is 2.26. The van der Waals surface area contributed by atoms with Crippen molar-refractivity contribution in [3.05, 3.63) is 47.7 Å². The summed E-state index contributed by atoms with van der Waals surface area (Å²) >= 11 is 0. The van der Waals surface area contributed by atoms with Crippen LogP contribution in [0.25, 0.3) is 0 Å². The first kappa shape index (κ1) is 10.1. The fraction of sp³-hybridized carbons (Fsp3) is 0.214. The lowest BCUT2D eigenvalue weighted by Crippen LogP contribution is -1.92. The van der Waals surface area contributed by atoms with Gasteiger partial charge in [0.05, 0.1) is 0 Å². The molecule has 0 fully saturated rings. The zero-order valence-corrected chi connectivity index (χ0v) is 9.39. The highest BCUT2D eigenvalue weighted by Gasteiger charge is 2.13. The number of hydrogen-bond donors (Lipinski definition) is 1. The Balaban J connectivity index is 1.86. The predicted octanol–water partition coefficient (Wildman–Crippen LogP) is 3.07. The number of benzene rings is 1. The van der Waals surface area contributed by atoms with Crippen molar-refractivity contribution < 1.29 is 9.84 Å². The summed E-state index contributed by atoms with van der Waals surface area (Å²) in [6.45, 7) is 0. The summed E-state index contributed by atoms with van der Waals surface area (Å²) in [6, 6.07) is 10.7. The van der Waals surface area contributed by atoms with Crippen molar-refractivity contribution >= 4 is 0 Å². The molecule has 86 valence electrons. The van der Waals surface area contributed by atoms with Crippen molar-refractivity contribution in [3.8, 4) is 17.4 Å². The molecular formula is C14H13NO2. The van der Waals surface area contributed by atoms with Crippen LogP contribution in [0.2, 0.25) is 0 Å². The molecule has 0 aliphatic heterocycles. The van der Waals surface area contributed by atoms with Crippen LogP contribution >= 0.6 is 0 Å². The van der Waals surface area contributed by atoms with Crippen LogP contribution in [-0.4, -0.2) is 10.1 Å². The summed E-state index contributed by atoms with van der Waals surface area (Å²) in [4.78, 5) is 4.47. The summed E-state index contributed by atoms with van der Waals surface area (Å²) in [5, 5.41) is 9.35. The first-order valence-electron chi connectivity index (χ1n) is 5.77. The lowest BCUT2D eigenvalue weighted by molar-refractivity contribution is 0.444. The monoisotopic (exact) mass is 227 g/mol. The number of pyridine rings is 1. The van der Waals surface area contributed by atoms with Gasteiger partial charge in [-0.3, -0.25) is 0 Å². The SMILES string of the molecule is Oc1cccc(Oc2ccc3c(n2)CCC3)c1. The van der Waals surface area contributed by atoms with Crippen molar-refractivity contribution in [1.82, 2.24) is 4.98 Å². The number of aryl methyl sites for hydroxylation is 2. The summed E-state index contributed by atoms with van der Waals surface area (Å²) < 4.78 is 5.61. The molecule has 1 aliphatic rings. The third kappa shape index (κ3) is 2.09. The maximum absolute atomic E-state index is 9.35. The maximum Gasteiger partial charge on any atom is 0.219 e. The number of aromatic nitrogens is 1. The van der Waals surface area contributed by atoms with Crippen LogP contribution in [-0.2, 0) is 12.8 Å².